The van der Waals surface area contributed by atoms with Crippen LogP contribution in [0.15, 0.2) is 76.1 Å². The Morgan fingerprint density at radius 3 is 2.61 bits per heavy atom. The summed E-state index contributed by atoms with van der Waals surface area (Å²) >= 11 is 0. The number of anilines is 1. The summed E-state index contributed by atoms with van der Waals surface area (Å²) in [5.74, 6) is -0.0342. The Labute approximate surface area is 176 Å². The number of hydrogen-bond donors (Lipinski definition) is 0. The van der Waals surface area contributed by atoms with Crippen molar-refractivity contribution in [3.05, 3.63) is 99.8 Å². The molecular weight excluding hydrogens is 399 g/mol. The molecule has 154 valence electrons. The highest BCUT2D eigenvalue weighted by molar-refractivity contribution is 6.10. The Hall–Kier alpha value is -4.00. The highest BCUT2D eigenvalue weighted by Crippen LogP contribution is 2.40. The Bertz CT molecular complexity index is 1350. The average Bonchev–Trinajstić information content (AvgIpc) is 3.08. The molecule has 0 fully saturated rings. The summed E-state index contributed by atoms with van der Waals surface area (Å²) in [7, 11) is 0. The summed E-state index contributed by atoms with van der Waals surface area (Å²) in [5, 5.41) is 0.0883. The number of carbonyl (C=O) groups is 1. The van der Waals surface area contributed by atoms with Gasteiger partial charge in [0.25, 0.3) is 5.91 Å². The highest BCUT2D eigenvalue weighted by Gasteiger charge is 2.44. The summed E-state index contributed by atoms with van der Waals surface area (Å²) < 4.78 is 25.2. The maximum Gasteiger partial charge on any atom is 0.296 e. The monoisotopic (exact) mass is 416 g/mol. The molecule has 2 aromatic heterocycles. The van der Waals surface area contributed by atoms with Gasteiger partial charge in [-0.1, -0.05) is 18.2 Å². The summed E-state index contributed by atoms with van der Waals surface area (Å²) in [6.45, 7) is 2.41. The van der Waals surface area contributed by atoms with E-state index in [9.17, 15) is 14.0 Å². The quantitative estimate of drug-likeness (QED) is 0.491. The van der Waals surface area contributed by atoms with Gasteiger partial charge in [-0.3, -0.25) is 14.5 Å². The third-order valence-electron chi connectivity index (χ3n) is 5.24. The molecule has 4 aromatic rings. The van der Waals surface area contributed by atoms with E-state index in [-0.39, 0.29) is 22.3 Å². The molecule has 0 radical (unpaired) electrons. The maximum absolute atomic E-state index is 13.8. The Balaban J connectivity index is 1.76. The Morgan fingerprint density at radius 2 is 1.90 bits per heavy atom. The van der Waals surface area contributed by atoms with E-state index >= 15 is 0 Å². The first-order valence-electron chi connectivity index (χ1n) is 9.82. The van der Waals surface area contributed by atoms with Crippen molar-refractivity contribution in [2.75, 3.05) is 11.5 Å². The standard InChI is InChI=1S/C24H17FN2O4/c1-2-30-16-9-6-14(7-10-16)21-20-22(28)17-13-15(25)8-11-18(17)31-23(20)24(29)27(21)19-5-3-4-12-26-19/h3-13,21H,2H2,1H3. The molecule has 1 aliphatic rings. The number of hydrogen-bond acceptors (Lipinski definition) is 5. The van der Waals surface area contributed by atoms with E-state index in [1.54, 1.807) is 48.7 Å². The fraction of sp³-hybridized carbons (Fsp3) is 0.125. The smallest absolute Gasteiger partial charge is 0.296 e. The minimum absolute atomic E-state index is 0.0614. The second-order valence-corrected chi connectivity index (χ2v) is 7.08. The second-order valence-electron chi connectivity index (χ2n) is 7.08. The number of pyridine rings is 1. The molecule has 5 rings (SSSR count). The molecule has 2 aromatic carbocycles. The van der Waals surface area contributed by atoms with Gasteiger partial charge >= 0.3 is 0 Å². The van der Waals surface area contributed by atoms with Gasteiger partial charge in [-0.05, 0) is 55.0 Å². The van der Waals surface area contributed by atoms with Gasteiger partial charge < -0.3 is 9.15 Å². The molecule has 31 heavy (non-hydrogen) atoms. The van der Waals surface area contributed by atoms with Crippen molar-refractivity contribution in [3.8, 4) is 5.75 Å². The molecule has 1 aliphatic heterocycles. The number of halogens is 1. The van der Waals surface area contributed by atoms with Crippen molar-refractivity contribution in [1.29, 1.82) is 0 Å². The van der Waals surface area contributed by atoms with Crippen LogP contribution >= 0.6 is 0 Å². The molecule has 3 heterocycles. The number of fused-ring (bicyclic) bond motifs is 2. The molecule has 7 heteroatoms. The van der Waals surface area contributed by atoms with Gasteiger partial charge in [0.1, 0.15) is 23.0 Å². The zero-order chi connectivity index (χ0) is 21.5. The van der Waals surface area contributed by atoms with Gasteiger partial charge in [-0.25, -0.2) is 9.37 Å². The maximum atomic E-state index is 13.8. The van der Waals surface area contributed by atoms with Crippen LogP contribution in [0, 0.1) is 5.82 Å². The lowest BCUT2D eigenvalue weighted by atomic mass is 9.98. The molecule has 6 nitrogen and oxygen atoms in total. The van der Waals surface area contributed by atoms with Crippen molar-refractivity contribution in [1.82, 2.24) is 4.98 Å². The fourth-order valence-corrected chi connectivity index (χ4v) is 3.91. The normalized spacial score (nSPS) is 15.4. The fourth-order valence-electron chi connectivity index (χ4n) is 3.91. The summed E-state index contributed by atoms with van der Waals surface area (Å²) in [6, 6.07) is 15.2. The van der Waals surface area contributed by atoms with Crippen LogP contribution in [0.1, 0.15) is 34.6 Å². The molecule has 0 saturated heterocycles. The van der Waals surface area contributed by atoms with Crippen LogP contribution in [0.25, 0.3) is 11.0 Å². The molecule has 1 atom stereocenters. The number of nitrogens with zero attached hydrogens (tertiary/aromatic N) is 2. The lowest BCUT2D eigenvalue weighted by molar-refractivity contribution is 0.0970. The van der Waals surface area contributed by atoms with Crippen molar-refractivity contribution in [3.63, 3.8) is 0 Å². The van der Waals surface area contributed by atoms with Crippen molar-refractivity contribution in [2.45, 2.75) is 13.0 Å². The lowest BCUT2D eigenvalue weighted by Crippen LogP contribution is -2.30. The average molecular weight is 416 g/mol. The Morgan fingerprint density at radius 1 is 1.10 bits per heavy atom. The predicted molar refractivity (Wildman–Crippen MR) is 113 cm³/mol. The van der Waals surface area contributed by atoms with E-state index in [2.05, 4.69) is 4.98 Å². The largest absolute Gasteiger partial charge is 0.494 e. The van der Waals surface area contributed by atoms with Gasteiger partial charge in [0, 0.05) is 6.20 Å². The van der Waals surface area contributed by atoms with Crippen LogP contribution in [0.4, 0.5) is 10.2 Å². The minimum atomic E-state index is -0.767. The number of benzene rings is 2. The van der Waals surface area contributed by atoms with Crippen LogP contribution in [0.5, 0.6) is 5.75 Å². The lowest BCUT2D eigenvalue weighted by Gasteiger charge is -2.24. The zero-order valence-electron chi connectivity index (χ0n) is 16.5. The third kappa shape index (κ3) is 3.06. The molecule has 1 unspecified atom stereocenters. The molecule has 0 bridgehead atoms. The highest BCUT2D eigenvalue weighted by atomic mass is 19.1. The van der Waals surface area contributed by atoms with Crippen molar-refractivity contribution >= 4 is 22.7 Å². The van der Waals surface area contributed by atoms with Crippen LogP contribution in [-0.2, 0) is 0 Å². The number of carbonyl (C=O) groups excluding carboxylic acids is 1. The van der Waals surface area contributed by atoms with Gasteiger partial charge in [-0.2, -0.15) is 0 Å². The van der Waals surface area contributed by atoms with E-state index < -0.39 is 23.2 Å². The SMILES string of the molecule is CCOc1ccc(C2c3c(oc4ccc(F)cc4c3=O)C(=O)N2c2ccccn2)cc1. The van der Waals surface area contributed by atoms with Crippen molar-refractivity contribution in [2.24, 2.45) is 0 Å². The van der Waals surface area contributed by atoms with Crippen LogP contribution in [-0.4, -0.2) is 17.5 Å². The number of aromatic nitrogens is 1. The topological polar surface area (TPSA) is 72.6 Å². The van der Waals surface area contributed by atoms with E-state index in [1.165, 1.54) is 17.0 Å². The third-order valence-corrected chi connectivity index (χ3v) is 5.24. The molecule has 0 aliphatic carbocycles. The first kappa shape index (κ1) is 19.0. The summed E-state index contributed by atoms with van der Waals surface area (Å²) in [4.78, 5) is 32.5. The summed E-state index contributed by atoms with van der Waals surface area (Å²) in [5.41, 5.74) is 0.565. The predicted octanol–water partition coefficient (Wildman–Crippen LogP) is 4.48. The zero-order valence-corrected chi connectivity index (χ0v) is 16.5. The van der Waals surface area contributed by atoms with Gasteiger partial charge in [0.2, 0.25) is 5.76 Å². The first-order chi connectivity index (χ1) is 15.1. The van der Waals surface area contributed by atoms with Gasteiger partial charge in [0.15, 0.2) is 5.43 Å². The number of rotatable bonds is 4. The van der Waals surface area contributed by atoms with E-state index in [0.717, 1.165) is 6.07 Å². The number of ether oxygens (including phenoxy) is 1. The molecular formula is C24H17FN2O4. The molecule has 0 saturated carbocycles. The van der Waals surface area contributed by atoms with Gasteiger partial charge in [-0.15, -0.1) is 0 Å². The van der Waals surface area contributed by atoms with Crippen LogP contribution in [0.3, 0.4) is 0 Å². The number of amides is 1. The second kappa shape index (κ2) is 7.36. The summed E-state index contributed by atoms with van der Waals surface area (Å²) in [6.07, 6.45) is 1.57. The van der Waals surface area contributed by atoms with E-state index in [0.29, 0.717) is 23.7 Å². The van der Waals surface area contributed by atoms with Gasteiger partial charge in [0.05, 0.1) is 23.6 Å². The van der Waals surface area contributed by atoms with Crippen LogP contribution in [0.2, 0.25) is 0 Å². The van der Waals surface area contributed by atoms with Crippen LogP contribution < -0.4 is 15.1 Å². The minimum Gasteiger partial charge on any atom is -0.494 e. The first-order valence-corrected chi connectivity index (χ1v) is 9.82. The molecule has 0 spiro atoms. The Kier molecular flexibility index (Phi) is 4.51. The van der Waals surface area contributed by atoms with E-state index in [4.69, 9.17) is 9.15 Å². The van der Waals surface area contributed by atoms with Crippen molar-refractivity contribution < 1.29 is 18.3 Å². The van der Waals surface area contributed by atoms with E-state index in [1.807, 2.05) is 6.92 Å². The molecule has 0 N–H and O–H groups in total. The molecule has 1 amide bonds.